The van der Waals surface area contributed by atoms with Crippen LogP contribution in [0.3, 0.4) is 0 Å². The molecule has 1 spiro atoms. The average molecular weight is 573 g/mol. The van der Waals surface area contributed by atoms with Crippen molar-refractivity contribution in [3.05, 3.63) is 65.1 Å². The van der Waals surface area contributed by atoms with Gasteiger partial charge in [0.2, 0.25) is 0 Å². The van der Waals surface area contributed by atoms with E-state index in [0.29, 0.717) is 35.5 Å². The minimum atomic E-state index is -0.852. The Balaban J connectivity index is 1.03. The Morgan fingerprint density at radius 1 is 1.12 bits per heavy atom. The van der Waals surface area contributed by atoms with Gasteiger partial charge in [0.25, 0.3) is 5.91 Å². The summed E-state index contributed by atoms with van der Waals surface area (Å²) < 4.78 is 22.8. The van der Waals surface area contributed by atoms with Crippen LogP contribution < -0.4 is 4.90 Å². The molecule has 3 aromatic rings. The summed E-state index contributed by atoms with van der Waals surface area (Å²) in [4.78, 5) is 52.2. The number of imidazole rings is 1. The molecule has 7 rings (SSSR count). The average Bonchev–Trinajstić information content (AvgIpc) is 3.59. The van der Waals surface area contributed by atoms with Gasteiger partial charge in [0.15, 0.2) is 0 Å². The third-order valence-electron chi connectivity index (χ3n) is 8.71. The fourth-order valence-electron chi connectivity index (χ4n) is 6.70. The van der Waals surface area contributed by atoms with Gasteiger partial charge < -0.3 is 28.8 Å². The highest BCUT2D eigenvalue weighted by atomic mass is 19.1. The van der Waals surface area contributed by atoms with Crippen LogP contribution in [-0.2, 0) is 29.0 Å². The molecule has 2 amide bonds. The quantitative estimate of drug-likeness (QED) is 0.427. The van der Waals surface area contributed by atoms with Gasteiger partial charge in [-0.05, 0) is 63.4 Å². The molecule has 42 heavy (non-hydrogen) atoms. The van der Waals surface area contributed by atoms with Crippen molar-refractivity contribution in [2.24, 2.45) is 5.41 Å². The first-order valence-electron chi connectivity index (χ1n) is 14.4. The number of rotatable bonds is 5. The predicted molar refractivity (Wildman–Crippen MR) is 151 cm³/mol. The number of aromatic nitrogens is 3. The molecule has 0 saturated carbocycles. The first-order chi connectivity index (χ1) is 20.0. The van der Waals surface area contributed by atoms with E-state index in [1.807, 2.05) is 37.5 Å². The van der Waals surface area contributed by atoms with E-state index in [9.17, 15) is 14.4 Å². The van der Waals surface area contributed by atoms with Crippen LogP contribution in [0, 0.1) is 11.2 Å². The van der Waals surface area contributed by atoms with Crippen molar-refractivity contribution in [1.29, 1.82) is 0 Å². The number of ether oxygens (including phenoxy) is 1. The van der Waals surface area contributed by atoms with Crippen LogP contribution in [0.1, 0.15) is 60.5 Å². The molecule has 0 bridgehead atoms. The largest absolute Gasteiger partial charge is 0.444 e. The number of aldehydes is 1. The third-order valence-corrected chi connectivity index (χ3v) is 8.71. The third kappa shape index (κ3) is 4.33. The second-order valence-electron chi connectivity index (χ2n) is 13.0. The van der Waals surface area contributed by atoms with Crippen molar-refractivity contribution in [3.63, 3.8) is 0 Å². The number of likely N-dealkylation sites (tertiary alicyclic amines) is 1. The maximum atomic E-state index is 15.3. The van der Waals surface area contributed by atoms with Crippen LogP contribution in [0.2, 0.25) is 0 Å². The molecule has 1 unspecified atom stereocenters. The zero-order valence-electron chi connectivity index (χ0n) is 24.0. The van der Waals surface area contributed by atoms with E-state index in [2.05, 4.69) is 14.9 Å². The van der Waals surface area contributed by atoms with Gasteiger partial charge in [-0.25, -0.2) is 19.2 Å². The number of pyridine rings is 1. The topological polar surface area (TPSA) is 101 Å². The van der Waals surface area contributed by atoms with Crippen molar-refractivity contribution >= 4 is 24.1 Å². The number of halogens is 1. The van der Waals surface area contributed by atoms with Crippen molar-refractivity contribution in [2.45, 2.75) is 58.3 Å². The zero-order chi connectivity index (χ0) is 29.4. The molecule has 1 atom stereocenters. The van der Waals surface area contributed by atoms with E-state index >= 15 is 4.39 Å². The van der Waals surface area contributed by atoms with Gasteiger partial charge in [-0.15, -0.1) is 0 Å². The van der Waals surface area contributed by atoms with Crippen molar-refractivity contribution in [2.75, 3.05) is 31.1 Å². The van der Waals surface area contributed by atoms with Crippen LogP contribution in [0.25, 0.3) is 11.1 Å². The van der Waals surface area contributed by atoms with Crippen molar-refractivity contribution in [3.8, 4) is 11.1 Å². The molecular formula is C31H33FN6O4. The second kappa shape index (κ2) is 9.37. The number of hydrogen-bond acceptors (Lipinski definition) is 7. The molecule has 0 aliphatic carbocycles. The lowest BCUT2D eigenvalue weighted by molar-refractivity contribution is -0.112. The van der Waals surface area contributed by atoms with E-state index in [1.165, 1.54) is 11.0 Å². The molecular weight excluding hydrogens is 539 g/mol. The Labute approximate surface area is 243 Å². The Bertz CT molecular complexity index is 1600. The first-order valence-corrected chi connectivity index (χ1v) is 14.4. The number of carbonyl (C=O) groups is 3. The zero-order valence-corrected chi connectivity index (χ0v) is 24.0. The van der Waals surface area contributed by atoms with E-state index in [1.54, 1.807) is 23.5 Å². The lowest BCUT2D eigenvalue weighted by Gasteiger charge is -2.60. The van der Waals surface area contributed by atoms with Gasteiger partial charge >= 0.3 is 6.09 Å². The van der Waals surface area contributed by atoms with E-state index in [-0.39, 0.29) is 29.5 Å². The van der Waals surface area contributed by atoms with Gasteiger partial charge in [-0.2, -0.15) is 0 Å². The molecule has 218 valence electrons. The molecule has 4 aliphatic heterocycles. The molecule has 10 nitrogen and oxygen atoms in total. The minimum Gasteiger partial charge on any atom is -0.444 e. The normalized spacial score (nSPS) is 19.3. The summed E-state index contributed by atoms with van der Waals surface area (Å²) in [7, 11) is 0. The van der Waals surface area contributed by atoms with E-state index in [4.69, 9.17) is 4.74 Å². The van der Waals surface area contributed by atoms with Crippen LogP contribution in [0.15, 0.2) is 36.8 Å². The number of amides is 2. The standard InChI is InChI=1S/C31H33FN6O4/c1-30(2,3)42-29(41)37-16-31(17-37)14-36(15-31)26-7-6-19(11-33-26)20-9-21-22(23(32)10-20)12-38(28(21)40)25(13-39)27-24-5-4-8-35(24)18-34-27/h6-7,9-11,13,18,25H,4-5,8,12,14-17H2,1-3H3. The van der Waals surface area contributed by atoms with Crippen LogP contribution >= 0.6 is 0 Å². The summed E-state index contributed by atoms with van der Waals surface area (Å²) in [6.07, 6.45) is 5.63. The van der Waals surface area contributed by atoms with E-state index in [0.717, 1.165) is 50.3 Å². The fraction of sp³-hybridized carbons (Fsp3) is 0.452. The number of fused-ring (bicyclic) bond motifs is 2. The van der Waals surface area contributed by atoms with Gasteiger partial charge in [0, 0.05) is 66.7 Å². The van der Waals surface area contributed by atoms with Crippen LogP contribution in [-0.4, -0.2) is 74.4 Å². The summed E-state index contributed by atoms with van der Waals surface area (Å²) in [5.74, 6) is -0.0456. The summed E-state index contributed by atoms with van der Waals surface area (Å²) in [5.41, 5.74) is 2.92. The summed E-state index contributed by atoms with van der Waals surface area (Å²) in [6, 6.07) is 6.04. The lowest BCUT2D eigenvalue weighted by Crippen LogP contribution is -2.73. The number of anilines is 1. The number of aryl methyl sites for hydroxylation is 1. The molecule has 0 radical (unpaired) electrons. The van der Waals surface area contributed by atoms with Gasteiger partial charge in [0.05, 0.1) is 18.6 Å². The molecule has 6 heterocycles. The molecule has 2 aromatic heterocycles. The van der Waals surface area contributed by atoms with Gasteiger partial charge in [-0.3, -0.25) is 4.79 Å². The molecule has 2 saturated heterocycles. The summed E-state index contributed by atoms with van der Waals surface area (Å²) in [6.45, 7) is 9.40. The second-order valence-corrected chi connectivity index (χ2v) is 13.0. The molecule has 1 aromatic carbocycles. The molecule has 4 aliphatic rings. The number of benzene rings is 1. The first kappa shape index (κ1) is 26.6. The van der Waals surface area contributed by atoms with E-state index < -0.39 is 17.5 Å². The van der Waals surface area contributed by atoms with Gasteiger partial charge in [0.1, 0.15) is 29.6 Å². The van der Waals surface area contributed by atoms with Crippen LogP contribution in [0.4, 0.5) is 15.0 Å². The van der Waals surface area contributed by atoms with Gasteiger partial charge in [-0.1, -0.05) is 0 Å². The predicted octanol–water partition coefficient (Wildman–Crippen LogP) is 3.98. The maximum absolute atomic E-state index is 15.3. The molecule has 0 N–H and O–H groups in total. The minimum absolute atomic E-state index is 0.0231. The molecule has 2 fully saturated rings. The monoisotopic (exact) mass is 572 g/mol. The Morgan fingerprint density at radius 3 is 2.60 bits per heavy atom. The summed E-state index contributed by atoms with van der Waals surface area (Å²) >= 11 is 0. The SMILES string of the molecule is CC(C)(C)OC(=O)N1CC2(C1)CN(c1ccc(-c3cc(F)c4c(c3)C(=O)N(C(C=O)c3ncn5c3CCC5)C4)cn1)C2. The maximum Gasteiger partial charge on any atom is 0.410 e. The smallest absolute Gasteiger partial charge is 0.410 e. The van der Waals surface area contributed by atoms with Crippen molar-refractivity contribution < 1.29 is 23.5 Å². The Hall–Kier alpha value is -4.28. The highest BCUT2D eigenvalue weighted by Gasteiger charge is 2.54. The highest BCUT2D eigenvalue weighted by Crippen LogP contribution is 2.42. The molecule has 11 heteroatoms. The number of nitrogens with zero attached hydrogens (tertiary/aromatic N) is 6. The fourth-order valence-corrected chi connectivity index (χ4v) is 6.70. The van der Waals surface area contributed by atoms with Crippen molar-refractivity contribution in [1.82, 2.24) is 24.3 Å². The highest BCUT2D eigenvalue weighted by molar-refractivity contribution is 6.01. The number of carbonyl (C=O) groups excluding carboxylic acids is 3. The lowest BCUT2D eigenvalue weighted by atomic mass is 9.73. The summed E-state index contributed by atoms with van der Waals surface area (Å²) in [5, 5.41) is 0. The Kier molecular flexibility index (Phi) is 5.93. The van der Waals surface area contributed by atoms with Crippen LogP contribution in [0.5, 0.6) is 0 Å². The number of hydrogen-bond donors (Lipinski definition) is 0. The Morgan fingerprint density at radius 2 is 1.90 bits per heavy atom.